The first-order chi connectivity index (χ1) is 20.9. The van der Waals surface area contributed by atoms with Crippen LogP contribution in [0.3, 0.4) is 0 Å². The quantitative estimate of drug-likeness (QED) is 0.231. The molecule has 1 aliphatic carbocycles. The van der Waals surface area contributed by atoms with Crippen LogP contribution in [0.5, 0.6) is 0 Å². The number of nitriles is 1. The van der Waals surface area contributed by atoms with Crippen molar-refractivity contribution in [1.82, 2.24) is 0 Å². The molecular formula is C30H20BrN3O9S. The minimum Gasteiger partial charge on any atom is -0.466 e. The van der Waals surface area contributed by atoms with Gasteiger partial charge in [0.25, 0.3) is 10.1 Å². The molecule has 0 fully saturated rings. The number of rotatable bonds is 5. The van der Waals surface area contributed by atoms with Crippen LogP contribution >= 0.6 is 15.9 Å². The number of carbonyl (C=O) groups is 4. The van der Waals surface area contributed by atoms with E-state index in [0.29, 0.717) is 10.5 Å². The van der Waals surface area contributed by atoms with Crippen molar-refractivity contribution in [3.8, 4) is 6.07 Å². The van der Waals surface area contributed by atoms with Gasteiger partial charge in [0.15, 0.2) is 11.6 Å². The molecule has 1 atom stereocenters. The van der Waals surface area contributed by atoms with Crippen molar-refractivity contribution in [3.05, 3.63) is 116 Å². The molecular weight excluding hydrogens is 658 g/mol. The van der Waals surface area contributed by atoms with Gasteiger partial charge >= 0.3 is 11.9 Å². The summed E-state index contributed by atoms with van der Waals surface area (Å²) in [5, 5.41) is 10.3. The smallest absolute Gasteiger partial charge is 0.355 e. The van der Waals surface area contributed by atoms with Gasteiger partial charge in [0.1, 0.15) is 16.4 Å². The Morgan fingerprint density at radius 1 is 0.955 bits per heavy atom. The molecule has 1 heterocycles. The Hall–Kier alpha value is -5.10. The number of hydrogen-bond donors (Lipinski definition) is 2. The van der Waals surface area contributed by atoms with Crippen molar-refractivity contribution < 1.29 is 41.6 Å². The molecule has 0 radical (unpaired) electrons. The van der Waals surface area contributed by atoms with E-state index in [1.54, 1.807) is 30.3 Å². The van der Waals surface area contributed by atoms with Gasteiger partial charge in [0.2, 0.25) is 0 Å². The lowest BCUT2D eigenvalue weighted by molar-refractivity contribution is -0.139. The van der Waals surface area contributed by atoms with E-state index < -0.39 is 72.8 Å². The summed E-state index contributed by atoms with van der Waals surface area (Å²) in [7, 11) is -3.26. The summed E-state index contributed by atoms with van der Waals surface area (Å²) in [6, 6.07) is 16.6. The number of esters is 2. The molecule has 0 spiro atoms. The zero-order valence-electron chi connectivity index (χ0n) is 22.8. The van der Waals surface area contributed by atoms with Crippen LogP contribution in [-0.2, 0) is 29.2 Å². The molecule has 1 aliphatic heterocycles. The van der Waals surface area contributed by atoms with Crippen molar-refractivity contribution in [2.45, 2.75) is 10.8 Å². The molecule has 0 bridgehead atoms. The van der Waals surface area contributed by atoms with Crippen LogP contribution in [0.25, 0.3) is 0 Å². The normalized spacial score (nSPS) is 16.2. The topological polar surface area (TPSA) is 194 Å². The van der Waals surface area contributed by atoms with Crippen LogP contribution in [0.1, 0.15) is 43.3 Å². The molecule has 0 aromatic heterocycles. The van der Waals surface area contributed by atoms with E-state index in [-0.39, 0.29) is 26.7 Å². The number of methoxy groups -OCH3 is 2. The standard InChI is InChI=1S/C30H20BrN3O9S/c1-42-29(37)23-20(14-8-4-3-5-9-14)17(13-32)28(33)34(25(23)30(38)43-2)24-19(44(39,40)41)12-18(31)21-22(24)27(36)16-11-7-6-10-15(16)26(21)35/h3-12,20H,33H2,1-2H3,(H,39,40,41). The van der Waals surface area contributed by atoms with Gasteiger partial charge in [-0.1, -0.05) is 54.6 Å². The lowest BCUT2D eigenvalue weighted by atomic mass is 9.79. The first-order valence-electron chi connectivity index (χ1n) is 12.6. The Morgan fingerprint density at radius 2 is 1.50 bits per heavy atom. The van der Waals surface area contributed by atoms with E-state index in [4.69, 9.17) is 15.2 Å². The minimum absolute atomic E-state index is 0.0132. The van der Waals surface area contributed by atoms with Gasteiger partial charge in [0.05, 0.1) is 54.2 Å². The fourth-order valence-electron chi connectivity index (χ4n) is 5.37. The number of fused-ring (bicyclic) bond motifs is 2. The molecule has 14 heteroatoms. The van der Waals surface area contributed by atoms with Crippen molar-refractivity contribution in [3.63, 3.8) is 0 Å². The Morgan fingerprint density at radius 3 is 2.02 bits per heavy atom. The maximum atomic E-state index is 14.1. The highest BCUT2D eigenvalue weighted by Gasteiger charge is 2.47. The Labute approximate surface area is 258 Å². The van der Waals surface area contributed by atoms with Gasteiger partial charge in [-0.05, 0) is 27.6 Å². The first kappa shape index (κ1) is 30.4. The predicted octanol–water partition coefficient (Wildman–Crippen LogP) is 3.37. The molecule has 3 aromatic rings. The number of anilines is 1. The molecule has 3 aromatic carbocycles. The van der Waals surface area contributed by atoms with Gasteiger partial charge in [-0.15, -0.1) is 0 Å². The Kier molecular flexibility index (Phi) is 7.72. The van der Waals surface area contributed by atoms with Crippen molar-refractivity contribution in [2.75, 3.05) is 19.1 Å². The number of allylic oxidation sites excluding steroid dienone is 1. The van der Waals surface area contributed by atoms with Crippen LogP contribution in [0.15, 0.2) is 92.7 Å². The summed E-state index contributed by atoms with van der Waals surface area (Å²) in [6.45, 7) is 0. The lowest BCUT2D eigenvalue weighted by Gasteiger charge is -2.38. The average molecular weight is 678 g/mol. The van der Waals surface area contributed by atoms with Gasteiger partial charge < -0.3 is 15.2 Å². The number of benzene rings is 3. The van der Waals surface area contributed by atoms with Gasteiger partial charge in [-0.2, -0.15) is 13.7 Å². The number of nitrogens with zero attached hydrogens (tertiary/aromatic N) is 2. The number of halogens is 1. The number of ketones is 2. The van der Waals surface area contributed by atoms with Crippen LogP contribution in [0, 0.1) is 11.3 Å². The monoisotopic (exact) mass is 677 g/mol. The molecule has 1 unspecified atom stereocenters. The van der Waals surface area contributed by atoms with Gasteiger partial charge in [-0.3, -0.25) is 19.0 Å². The molecule has 0 saturated heterocycles. The van der Waals surface area contributed by atoms with E-state index >= 15 is 0 Å². The zero-order valence-corrected chi connectivity index (χ0v) is 25.2. The van der Waals surface area contributed by atoms with E-state index in [1.807, 2.05) is 6.07 Å². The minimum atomic E-state index is -5.26. The summed E-state index contributed by atoms with van der Waals surface area (Å²) in [5.41, 5.74) is 3.62. The van der Waals surface area contributed by atoms with Crippen LogP contribution in [0.4, 0.5) is 5.69 Å². The second-order valence-corrected chi connectivity index (χ2v) is 11.7. The Balaban J connectivity index is 2.02. The Bertz CT molecular complexity index is 2030. The molecule has 44 heavy (non-hydrogen) atoms. The van der Waals surface area contributed by atoms with Crippen LogP contribution in [-0.4, -0.2) is 50.7 Å². The summed E-state index contributed by atoms with van der Waals surface area (Å²) in [4.78, 5) is 54.5. The molecule has 2 aliphatic rings. The molecule has 0 amide bonds. The summed E-state index contributed by atoms with van der Waals surface area (Å²) in [5.74, 6) is -5.79. The van der Waals surface area contributed by atoms with E-state index in [9.17, 15) is 37.4 Å². The third kappa shape index (κ3) is 4.58. The van der Waals surface area contributed by atoms with E-state index in [2.05, 4.69) is 15.9 Å². The number of ether oxygens (including phenoxy) is 2. The fourth-order valence-corrected chi connectivity index (χ4v) is 6.84. The number of hydrogen-bond acceptors (Lipinski definition) is 11. The van der Waals surface area contributed by atoms with E-state index in [0.717, 1.165) is 20.3 Å². The molecule has 5 rings (SSSR count). The average Bonchev–Trinajstić information content (AvgIpc) is 3.02. The van der Waals surface area contributed by atoms with Crippen LogP contribution in [0.2, 0.25) is 0 Å². The number of carbonyl (C=O) groups excluding carboxylic acids is 4. The molecule has 3 N–H and O–H groups in total. The summed E-state index contributed by atoms with van der Waals surface area (Å²) in [6.07, 6.45) is 0. The highest BCUT2D eigenvalue weighted by molar-refractivity contribution is 9.10. The van der Waals surface area contributed by atoms with Crippen molar-refractivity contribution >= 4 is 55.2 Å². The SMILES string of the molecule is COC(=O)C1=C(C(=O)OC)N(c2c(S(=O)(=O)O)cc(Br)c3c2C(=O)c2ccccc2C3=O)C(N)=C(C#N)C1c1ccccc1. The maximum Gasteiger partial charge on any atom is 0.355 e. The highest BCUT2D eigenvalue weighted by atomic mass is 79.9. The fraction of sp³-hybridized carbons (Fsp3) is 0.100. The third-order valence-electron chi connectivity index (χ3n) is 7.20. The zero-order chi connectivity index (χ0) is 32.1. The largest absolute Gasteiger partial charge is 0.466 e. The van der Waals surface area contributed by atoms with Crippen LogP contribution < -0.4 is 10.6 Å². The van der Waals surface area contributed by atoms with E-state index in [1.165, 1.54) is 24.3 Å². The lowest BCUT2D eigenvalue weighted by Crippen LogP contribution is -2.42. The van der Waals surface area contributed by atoms with Crippen molar-refractivity contribution in [1.29, 1.82) is 5.26 Å². The second kappa shape index (κ2) is 11.2. The second-order valence-electron chi connectivity index (χ2n) is 9.47. The summed E-state index contributed by atoms with van der Waals surface area (Å²) < 4.78 is 46.0. The molecule has 0 saturated carbocycles. The first-order valence-corrected chi connectivity index (χ1v) is 14.8. The van der Waals surface area contributed by atoms with Crippen molar-refractivity contribution in [2.24, 2.45) is 5.73 Å². The third-order valence-corrected chi connectivity index (χ3v) is 8.69. The van der Waals surface area contributed by atoms with Gasteiger partial charge in [-0.25, -0.2) is 9.59 Å². The maximum absolute atomic E-state index is 14.1. The highest BCUT2D eigenvalue weighted by Crippen LogP contribution is 2.48. The van der Waals surface area contributed by atoms with Gasteiger partial charge in [0, 0.05) is 15.6 Å². The molecule has 12 nitrogen and oxygen atoms in total. The summed E-state index contributed by atoms with van der Waals surface area (Å²) >= 11 is 3.15. The number of nitrogens with two attached hydrogens (primary N) is 1. The predicted molar refractivity (Wildman–Crippen MR) is 157 cm³/mol. The molecule has 222 valence electrons.